The van der Waals surface area contributed by atoms with Gasteiger partial charge in [0, 0.05) is 31.4 Å². The van der Waals surface area contributed by atoms with E-state index in [2.05, 4.69) is 10.6 Å². The zero-order valence-corrected chi connectivity index (χ0v) is 12.6. The van der Waals surface area contributed by atoms with Gasteiger partial charge in [-0.05, 0) is 31.5 Å². The Hall–Kier alpha value is -2.08. The van der Waals surface area contributed by atoms with Crippen molar-refractivity contribution in [1.82, 2.24) is 4.90 Å². The highest BCUT2D eigenvalue weighted by Crippen LogP contribution is 2.21. The van der Waals surface area contributed by atoms with Gasteiger partial charge in [0.25, 0.3) is 0 Å². The summed E-state index contributed by atoms with van der Waals surface area (Å²) in [5, 5.41) is 5.60. The highest BCUT2D eigenvalue weighted by molar-refractivity contribution is 5.93. The van der Waals surface area contributed by atoms with Gasteiger partial charge in [0.2, 0.25) is 5.91 Å². The number of benzene rings is 1. The fourth-order valence-electron chi connectivity index (χ4n) is 2.23. The summed E-state index contributed by atoms with van der Waals surface area (Å²) >= 11 is 0. The number of carbonyl (C=O) groups excluding carboxylic acids is 2. The van der Waals surface area contributed by atoms with Crippen LogP contribution in [0.2, 0.25) is 0 Å². The number of hydrogen-bond donors (Lipinski definition) is 2. The number of aryl methyl sites for hydroxylation is 1. The van der Waals surface area contributed by atoms with Crippen molar-refractivity contribution in [2.24, 2.45) is 0 Å². The number of amides is 3. The second-order valence-electron chi connectivity index (χ2n) is 5.27. The summed E-state index contributed by atoms with van der Waals surface area (Å²) in [4.78, 5) is 25.1. The van der Waals surface area contributed by atoms with Crippen LogP contribution in [0.5, 0.6) is 0 Å². The van der Waals surface area contributed by atoms with Gasteiger partial charge in [-0.3, -0.25) is 4.79 Å². The molecule has 0 radical (unpaired) electrons. The third kappa shape index (κ3) is 4.19. The Bertz CT molecular complexity index is 545. The molecule has 0 unspecified atom stereocenters. The second-order valence-corrected chi connectivity index (χ2v) is 5.27. The van der Waals surface area contributed by atoms with Crippen LogP contribution in [0.15, 0.2) is 18.2 Å². The summed E-state index contributed by atoms with van der Waals surface area (Å²) in [7, 11) is 0. The largest absolute Gasteiger partial charge is 0.375 e. The van der Waals surface area contributed by atoms with Crippen LogP contribution >= 0.6 is 0 Å². The normalized spacial score (nSPS) is 18.2. The molecule has 0 aliphatic carbocycles. The number of anilines is 2. The standard InChI is InChI=1S/C15H21N3O3/c1-10-4-5-13(16-12(3)19)8-14(10)17-15(20)18-6-7-21-11(2)9-18/h4-5,8,11H,6-7,9H2,1-3H3,(H,16,19)(H,17,20)/t11-/m0/s1. The maximum Gasteiger partial charge on any atom is 0.322 e. The second kappa shape index (κ2) is 6.58. The molecule has 1 aromatic rings. The van der Waals surface area contributed by atoms with Crippen molar-refractivity contribution in [3.8, 4) is 0 Å². The van der Waals surface area contributed by atoms with Gasteiger partial charge < -0.3 is 20.3 Å². The van der Waals surface area contributed by atoms with E-state index in [1.54, 1.807) is 11.0 Å². The minimum Gasteiger partial charge on any atom is -0.375 e. The highest BCUT2D eigenvalue weighted by atomic mass is 16.5. The molecule has 0 saturated carbocycles. The van der Waals surface area contributed by atoms with E-state index in [-0.39, 0.29) is 18.0 Å². The number of urea groups is 1. The van der Waals surface area contributed by atoms with Crippen LogP contribution < -0.4 is 10.6 Å². The minimum absolute atomic E-state index is 0.0521. The summed E-state index contributed by atoms with van der Waals surface area (Å²) < 4.78 is 5.43. The van der Waals surface area contributed by atoms with Crippen LogP contribution in [0, 0.1) is 6.92 Å². The molecule has 1 heterocycles. The van der Waals surface area contributed by atoms with E-state index in [9.17, 15) is 9.59 Å². The molecule has 6 nitrogen and oxygen atoms in total. The number of nitrogens with one attached hydrogen (secondary N) is 2. The summed E-state index contributed by atoms with van der Waals surface area (Å²) in [6.07, 6.45) is 0.0521. The van der Waals surface area contributed by atoms with Gasteiger partial charge in [-0.1, -0.05) is 6.07 Å². The van der Waals surface area contributed by atoms with Crippen LogP contribution in [0.3, 0.4) is 0 Å². The van der Waals surface area contributed by atoms with Crippen molar-refractivity contribution >= 4 is 23.3 Å². The molecule has 0 bridgehead atoms. The predicted octanol–water partition coefficient (Wildman–Crippen LogP) is 2.21. The number of nitrogens with zero attached hydrogens (tertiary/aromatic N) is 1. The summed E-state index contributed by atoms with van der Waals surface area (Å²) in [6.45, 7) is 7.03. The van der Waals surface area contributed by atoms with E-state index >= 15 is 0 Å². The summed E-state index contributed by atoms with van der Waals surface area (Å²) in [5.41, 5.74) is 2.31. The van der Waals surface area contributed by atoms with E-state index in [1.165, 1.54) is 6.92 Å². The topological polar surface area (TPSA) is 70.7 Å². The summed E-state index contributed by atoms with van der Waals surface area (Å²) in [5.74, 6) is -0.141. The molecular weight excluding hydrogens is 270 g/mol. The van der Waals surface area contributed by atoms with E-state index in [0.29, 0.717) is 31.1 Å². The lowest BCUT2D eigenvalue weighted by atomic mass is 10.2. The molecule has 3 amide bonds. The lowest BCUT2D eigenvalue weighted by Gasteiger charge is -2.31. The van der Waals surface area contributed by atoms with Crippen molar-refractivity contribution in [3.63, 3.8) is 0 Å². The van der Waals surface area contributed by atoms with Gasteiger partial charge in [-0.25, -0.2) is 4.79 Å². The van der Waals surface area contributed by atoms with Gasteiger partial charge in [0.1, 0.15) is 0 Å². The van der Waals surface area contributed by atoms with Gasteiger partial charge in [0.05, 0.1) is 12.7 Å². The first-order valence-corrected chi connectivity index (χ1v) is 7.01. The molecule has 1 aliphatic heterocycles. The van der Waals surface area contributed by atoms with Crippen LogP contribution in [0.4, 0.5) is 16.2 Å². The Morgan fingerprint density at radius 3 is 2.76 bits per heavy atom. The molecular formula is C15H21N3O3. The average molecular weight is 291 g/mol. The first kappa shape index (κ1) is 15.3. The zero-order valence-electron chi connectivity index (χ0n) is 12.6. The van der Waals surface area contributed by atoms with Crippen molar-refractivity contribution < 1.29 is 14.3 Å². The quantitative estimate of drug-likeness (QED) is 0.877. The molecule has 0 spiro atoms. The molecule has 6 heteroatoms. The molecule has 114 valence electrons. The van der Waals surface area contributed by atoms with E-state index in [1.807, 2.05) is 26.0 Å². The van der Waals surface area contributed by atoms with Gasteiger partial charge in [-0.2, -0.15) is 0 Å². The average Bonchev–Trinajstić information content (AvgIpc) is 2.42. The van der Waals surface area contributed by atoms with Crippen LogP contribution in [0.1, 0.15) is 19.4 Å². The number of hydrogen-bond acceptors (Lipinski definition) is 3. The fraction of sp³-hybridized carbons (Fsp3) is 0.467. The monoisotopic (exact) mass is 291 g/mol. The molecule has 21 heavy (non-hydrogen) atoms. The molecule has 1 fully saturated rings. The van der Waals surface area contributed by atoms with Gasteiger partial charge in [-0.15, -0.1) is 0 Å². The fourth-order valence-corrected chi connectivity index (χ4v) is 2.23. The SMILES string of the molecule is CC(=O)Nc1ccc(C)c(NC(=O)N2CCO[C@@H](C)C2)c1. The number of rotatable bonds is 2. The van der Waals surface area contributed by atoms with E-state index in [0.717, 1.165) is 5.56 Å². The van der Waals surface area contributed by atoms with E-state index in [4.69, 9.17) is 4.74 Å². The number of morpholine rings is 1. The van der Waals surface area contributed by atoms with E-state index < -0.39 is 0 Å². The molecule has 2 N–H and O–H groups in total. The Balaban J connectivity index is 2.07. The number of ether oxygens (including phenoxy) is 1. The van der Waals surface area contributed by atoms with Gasteiger partial charge >= 0.3 is 6.03 Å². The molecule has 2 rings (SSSR count). The van der Waals surface area contributed by atoms with Crippen LogP contribution in [0.25, 0.3) is 0 Å². The zero-order chi connectivity index (χ0) is 15.4. The van der Waals surface area contributed by atoms with Crippen molar-refractivity contribution in [3.05, 3.63) is 23.8 Å². The third-order valence-electron chi connectivity index (χ3n) is 3.33. The molecule has 1 aromatic carbocycles. The Morgan fingerprint density at radius 2 is 2.10 bits per heavy atom. The van der Waals surface area contributed by atoms with Crippen LogP contribution in [-0.4, -0.2) is 42.6 Å². The highest BCUT2D eigenvalue weighted by Gasteiger charge is 2.21. The van der Waals surface area contributed by atoms with Crippen molar-refractivity contribution in [2.75, 3.05) is 30.3 Å². The predicted molar refractivity (Wildman–Crippen MR) is 81.5 cm³/mol. The Kier molecular flexibility index (Phi) is 4.80. The maximum absolute atomic E-state index is 12.3. The summed E-state index contributed by atoms with van der Waals surface area (Å²) in [6, 6.07) is 5.29. The number of carbonyl (C=O) groups is 2. The molecule has 1 aliphatic rings. The van der Waals surface area contributed by atoms with Crippen LogP contribution in [-0.2, 0) is 9.53 Å². The molecule has 1 atom stereocenters. The maximum atomic E-state index is 12.3. The smallest absolute Gasteiger partial charge is 0.322 e. The minimum atomic E-state index is -0.145. The van der Waals surface area contributed by atoms with Crippen molar-refractivity contribution in [1.29, 1.82) is 0 Å². The Labute approximate surface area is 124 Å². The lowest BCUT2D eigenvalue weighted by molar-refractivity contribution is -0.114. The Morgan fingerprint density at radius 1 is 1.33 bits per heavy atom. The molecule has 0 aromatic heterocycles. The van der Waals surface area contributed by atoms with Crippen molar-refractivity contribution in [2.45, 2.75) is 26.9 Å². The van der Waals surface area contributed by atoms with Gasteiger partial charge in [0.15, 0.2) is 0 Å². The third-order valence-corrected chi connectivity index (χ3v) is 3.33. The first-order chi connectivity index (χ1) is 9.95. The first-order valence-electron chi connectivity index (χ1n) is 7.01. The molecule has 1 saturated heterocycles. The lowest BCUT2D eigenvalue weighted by Crippen LogP contribution is -2.46.